The molecule has 1 atom stereocenters. The van der Waals surface area contributed by atoms with Gasteiger partial charge in [-0.2, -0.15) is 5.10 Å². The third kappa shape index (κ3) is 3.60. The molecular weight excluding hydrogens is 342 g/mol. The first-order valence-corrected chi connectivity index (χ1v) is 9.51. The van der Waals surface area contributed by atoms with E-state index in [-0.39, 0.29) is 11.6 Å². The minimum absolute atomic E-state index is 0.0337. The van der Waals surface area contributed by atoms with Crippen molar-refractivity contribution in [1.29, 1.82) is 0 Å². The van der Waals surface area contributed by atoms with Crippen LogP contribution in [0.3, 0.4) is 0 Å². The van der Waals surface area contributed by atoms with E-state index in [1.165, 1.54) is 4.68 Å². The first-order chi connectivity index (χ1) is 13.2. The smallest absolute Gasteiger partial charge is 0.345 e. The molecule has 3 heterocycles. The lowest BCUT2D eigenvalue weighted by molar-refractivity contribution is 0.192. The molecule has 0 aliphatic carbocycles. The molecule has 3 aromatic rings. The molecule has 0 spiro atoms. The molecule has 4 rings (SSSR count). The summed E-state index contributed by atoms with van der Waals surface area (Å²) in [4.78, 5) is 19.2. The van der Waals surface area contributed by atoms with Crippen molar-refractivity contribution in [3.63, 3.8) is 0 Å². The molecule has 27 heavy (non-hydrogen) atoms. The third-order valence-electron chi connectivity index (χ3n) is 5.18. The van der Waals surface area contributed by atoms with Crippen molar-refractivity contribution in [2.45, 2.75) is 38.8 Å². The average molecular weight is 367 g/mol. The number of likely N-dealkylation sites (tertiary alicyclic amines) is 1. The fourth-order valence-electron chi connectivity index (χ4n) is 3.85. The summed E-state index contributed by atoms with van der Waals surface area (Å²) in [7, 11) is 1.72. The second-order valence-corrected chi connectivity index (χ2v) is 7.09. The molecule has 7 nitrogen and oxygen atoms in total. The fourth-order valence-corrected chi connectivity index (χ4v) is 3.85. The highest BCUT2D eigenvalue weighted by Gasteiger charge is 2.27. The van der Waals surface area contributed by atoms with Crippen molar-refractivity contribution in [3.8, 4) is 11.5 Å². The Bertz CT molecular complexity index is 956. The van der Waals surface area contributed by atoms with Gasteiger partial charge >= 0.3 is 5.69 Å². The molecule has 2 aromatic heterocycles. The molecule has 7 heteroatoms. The Kier molecular flexibility index (Phi) is 4.94. The predicted octanol–water partition coefficient (Wildman–Crippen LogP) is 2.64. The Balaban J connectivity index is 1.47. The molecule has 0 radical (unpaired) electrons. The second-order valence-electron chi connectivity index (χ2n) is 7.09. The first kappa shape index (κ1) is 17.7. The lowest BCUT2D eigenvalue weighted by Crippen LogP contribution is -2.35. The van der Waals surface area contributed by atoms with Crippen LogP contribution in [0.25, 0.3) is 11.5 Å². The largest absolute Gasteiger partial charge is 0.444 e. The molecule has 0 bridgehead atoms. The lowest BCUT2D eigenvalue weighted by Gasteiger charge is -2.31. The zero-order valence-electron chi connectivity index (χ0n) is 15.8. The molecular formula is C20H25N5O2. The molecule has 0 saturated carbocycles. The van der Waals surface area contributed by atoms with Crippen LogP contribution in [0.5, 0.6) is 0 Å². The van der Waals surface area contributed by atoms with Gasteiger partial charge in [0.1, 0.15) is 12.1 Å². The number of oxazole rings is 1. The summed E-state index contributed by atoms with van der Waals surface area (Å²) in [5.74, 6) is 1.83. The maximum atomic E-state index is 12.2. The van der Waals surface area contributed by atoms with Crippen LogP contribution in [0.4, 0.5) is 0 Å². The molecule has 1 unspecified atom stereocenters. The summed E-state index contributed by atoms with van der Waals surface area (Å²) >= 11 is 0. The fraction of sp³-hybridized carbons (Fsp3) is 0.450. The van der Waals surface area contributed by atoms with E-state index in [1.807, 2.05) is 37.3 Å². The Hall–Kier alpha value is -2.67. The molecule has 1 fully saturated rings. The molecule has 0 N–H and O–H groups in total. The minimum atomic E-state index is -0.0337. The Morgan fingerprint density at radius 2 is 2.07 bits per heavy atom. The minimum Gasteiger partial charge on any atom is -0.444 e. The van der Waals surface area contributed by atoms with Crippen molar-refractivity contribution < 1.29 is 4.42 Å². The summed E-state index contributed by atoms with van der Waals surface area (Å²) in [5, 5.41) is 4.50. The van der Waals surface area contributed by atoms with E-state index in [0.29, 0.717) is 12.4 Å². The van der Waals surface area contributed by atoms with Crippen LogP contribution < -0.4 is 5.69 Å². The van der Waals surface area contributed by atoms with Crippen LogP contribution in [0.15, 0.2) is 45.8 Å². The SMILES string of the molecule is CCn1c(C2CCCN(Cc3coc(-c4ccccc4)n3)C2)nn(C)c1=O. The summed E-state index contributed by atoms with van der Waals surface area (Å²) in [5.41, 5.74) is 1.89. The monoisotopic (exact) mass is 367 g/mol. The molecule has 1 aliphatic heterocycles. The van der Waals surface area contributed by atoms with Gasteiger partial charge in [0.2, 0.25) is 5.89 Å². The molecule has 1 saturated heterocycles. The number of aromatic nitrogens is 4. The van der Waals surface area contributed by atoms with Crippen LogP contribution in [0, 0.1) is 0 Å². The van der Waals surface area contributed by atoms with Crippen molar-refractivity contribution >= 4 is 0 Å². The van der Waals surface area contributed by atoms with E-state index < -0.39 is 0 Å². The highest BCUT2D eigenvalue weighted by molar-refractivity contribution is 5.52. The van der Waals surface area contributed by atoms with E-state index in [0.717, 1.165) is 49.6 Å². The quantitative estimate of drug-likeness (QED) is 0.693. The molecule has 1 aliphatic rings. The number of rotatable bonds is 5. The lowest BCUT2D eigenvalue weighted by atomic mass is 9.97. The van der Waals surface area contributed by atoms with Crippen molar-refractivity contribution in [3.05, 3.63) is 58.6 Å². The van der Waals surface area contributed by atoms with Crippen molar-refractivity contribution in [1.82, 2.24) is 24.2 Å². The highest BCUT2D eigenvalue weighted by Crippen LogP contribution is 2.26. The molecule has 0 amide bonds. The normalized spacial score (nSPS) is 18.1. The van der Waals surface area contributed by atoms with E-state index in [1.54, 1.807) is 17.9 Å². The molecule has 1 aromatic carbocycles. The van der Waals surface area contributed by atoms with Crippen LogP contribution >= 0.6 is 0 Å². The number of piperidine rings is 1. The topological polar surface area (TPSA) is 69.1 Å². The van der Waals surface area contributed by atoms with Gasteiger partial charge in [0.15, 0.2) is 0 Å². The maximum Gasteiger partial charge on any atom is 0.345 e. The number of benzene rings is 1. The Morgan fingerprint density at radius 3 is 2.85 bits per heavy atom. The summed E-state index contributed by atoms with van der Waals surface area (Å²) in [6, 6.07) is 9.94. The van der Waals surface area contributed by atoms with E-state index in [9.17, 15) is 4.79 Å². The Labute approximate surface area is 158 Å². The maximum absolute atomic E-state index is 12.2. The van der Waals surface area contributed by atoms with Gasteiger partial charge in [0.05, 0.1) is 5.69 Å². The van der Waals surface area contributed by atoms with Gasteiger partial charge in [-0.1, -0.05) is 18.2 Å². The standard InChI is InChI=1S/C20H25N5O2/c1-3-25-18(22-23(2)20(25)26)16-10-7-11-24(12-16)13-17-14-27-19(21-17)15-8-5-4-6-9-15/h4-6,8-9,14,16H,3,7,10-13H2,1-2H3. The third-order valence-corrected chi connectivity index (χ3v) is 5.18. The summed E-state index contributed by atoms with van der Waals surface area (Å²) in [6.45, 7) is 5.29. The van der Waals surface area contributed by atoms with Crippen LogP contribution in [0.2, 0.25) is 0 Å². The first-order valence-electron chi connectivity index (χ1n) is 9.51. The highest BCUT2D eigenvalue weighted by atomic mass is 16.3. The van der Waals surface area contributed by atoms with Crippen LogP contribution in [-0.4, -0.2) is 37.3 Å². The average Bonchev–Trinajstić information content (AvgIpc) is 3.27. The number of hydrogen-bond donors (Lipinski definition) is 0. The Morgan fingerprint density at radius 1 is 1.26 bits per heavy atom. The van der Waals surface area contributed by atoms with E-state index >= 15 is 0 Å². The van der Waals surface area contributed by atoms with Gasteiger partial charge in [0.25, 0.3) is 0 Å². The number of hydrogen-bond acceptors (Lipinski definition) is 5. The zero-order valence-corrected chi connectivity index (χ0v) is 15.8. The molecule has 142 valence electrons. The van der Waals surface area contributed by atoms with Gasteiger partial charge in [-0.15, -0.1) is 0 Å². The summed E-state index contributed by atoms with van der Waals surface area (Å²) < 4.78 is 8.90. The van der Waals surface area contributed by atoms with Gasteiger partial charge < -0.3 is 4.42 Å². The van der Waals surface area contributed by atoms with E-state index in [4.69, 9.17) is 4.42 Å². The van der Waals surface area contributed by atoms with Gasteiger partial charge in [0, 0.05) is 38.2 Å². The zero-order chi connectivity index (χ0) is 18.8. The second kappa shape index (κ2) is 7.52. The van der Waals surface area contributed by atoms with E-state index in [2.05, 4.69) is 15.0 Å². The van der Waals surface area contributed by atoms with Crippen molar-refractivity contribution in [2.24, 2.45) is 7.05 Å². The van der Waals surface area contributed by atoms with Gasteiger partial charge in [-0.3, -0.25) is 9.47 Å². The number of nitrogens with zero attached hydrogens (tertiary/aromatic N) is 5. The summed E-state index contributed by atoms with van der Waals surface area (Å²) in [6.07, 6.45) is 3.89. The van der Waals surface area contributed by atoms with Crippen LogP contribution in [-0.2, 0) is 20.1 Å². The predicted molar refractivity (Wildman–Crippen MR) is 102 cm³/mol. The van der Waals surface area contributed by atoms with Crippen molar-refractivity contribution in [2.75, 3.05) is 13.1 Å². The van der Waals surface area contributed by atoms with Gasteiger partial charge in [-0.25, -0.2) is 14.5 Å². The number of aryl methyl sites for hydroxylation is 1. The van der Waals surface area contributed by atoms with Crippen LogP contribution in [0.1, 0.15) is 37.2 Å². The van der Waals surface area contributed by atoms with Gasteiger partial charge in [-0.05, 0) is 38.4 Å².